The Morgan fingerprint density at radius 2 is 1.62 bits per heavy atom. The molecule has 2 aliphatic rings. The summed E-state index contributed by atoms with van der Waals surface area (Å²) in [6.07, 6.45) is 0.377. The monoisotopic (exact) mass is 439 g/mol. The third-order valence-corrected chi connectivity index (χ3v) is 5.50. The first-order valence-electron chi connectivity index (χ1n) is 10.5. The zero-order valence-electron chi connectivity index (χ0n) is 18.0. The fourth-order valence-corrected chi connectivity index (χ4v) is 4.05. The van der Waals surface area contributed by atoms with Gasteiger partial charge in [0.2, 0.25) is 5.91 Å². The van der Waals surface area contributed by atoms with Crippen LogP contribution in [0.1, 0.15) is 20.3 Å². The van der Waals surface area contributed by atoms with E-state index in [-0.39, 0.29) is 24.3 Å². The van der Waals surface area contributed by atoms with Gasteiger partial charge in [0.1, 0.15) is 17.6 Å². The number of rotatable bonds is 5. The molecule has 2 heterocycles. The minimum atomic E-state index is -0.811. The van der Waals surface area contributed by atoms with Crippen LogP contribution in [0.4, 0.5) is 21.5 Å². The lowest BCUT2D eigenvalue weighted by Gasteiger charge is -2.36. The van der Waals surface area contributed by atoms with Gasteiger partial charge in [-0.25, -0.2) is 4.39 Å². The van der Waals surface area contributed by atoms with E-state index in [1.54, 1.807) is 0 Å². The number of carbonyl (C=O) groups is 2. The van der Waals surface area contributed by atoms with Crippen LogP contribution >= 0.6 is 0 Å². The molecule has 0 aromatic heterocycles. The number of anilines is 3. The third kappa shape index (κ3) is 4.72. The van der Waals surface area contributed by atoms with Gasteiger partial charge in [-0.15, -0.1) is 0 Å². The maximum Gasteiger partial charge on any atom is 0.271 e. The van der Waals surface area contributed by atoms with Crippen molar-refractivity contribution in [3.8, 4) is 0 Å². The average Bonchev–Trinajstić information content (AvgIpc) is 3.20. The van der Waals surface area contributed by atoms with Gasteiger partial charge in [-0.2, -0.15) is 5.10 Å². The molecule has 2 aliphatic heterocycles. The van der Waals surface area contributed by atoms with Crippen LogP contribution in [0.3, 0.4) is 0 Å². The molecule has 0 bridgehead atoms. The van der Waals surface area contributed by atoms with Crippen molar-refractivity contribution in [3.63, 3.8) is 0 Å². The van der Waals surface area contributed by atoms with Crippen molar-refractivity contribution in [2.24, 2.45) is 10.8 Å². The predicted molar refractivity (Wildman–Crippen MR) is 121 cm³/mol. The van der Waals surface area contributed by atoms with E-state index in [0.717, 1.165) is 18.8 Å². The van der Waals surface area contributed by atoms with Gasteiger partial charge in [0, 0.05) is 30.9 Å². The molecule has 3 unspecified atom stereocenters. The van der Waals surface area contributed by atoms with Gasteiger partial charge in [-0.05, 0) is 62.4 Å². The fourth-order valence-electron chi connectivity index (χ4n) is 4.05. The topological polar surface area (TPSA) is 100 Å². The minimum absolute atomic E-state index is 0.0696. The number of hydrogen-bond acceptors (Lipinski definition) is 6. The molecule has 1 fully saturated rings. The second-order valence-electron chi connectivity index (χ2n) is 8.15. The summed E-state index contributed by atoms with van der Waals surface area (Å²) in [6, 6.07) is 12.3. The molecule has 4 rings (SSSR count). The van der Waals surface area contributed by atoms with E-state index in [1.807, 2.05) is 38.1 Å². The minimum Gasteiger partial charge on any atom is -0.372 e. The maximum absolute atomic E-state index is 13.2. The lowest BCUT2D eigenvalue weighted by atomic mass is 10.1. The average molecular weight is 439 g/mol. The van der Waals surface area contributed by atoms with E-state index >= 15 is 0 Å². The number of hydrogen-bond donors (Lipinski definition) is 2. The molecule has 2 aromatic carbocycles. The zero-order valence-corrected chi connectivity index (χ0v) is 18.0. The second kappa shape index (κ2) is 8.96. The van der Waals surface area contributed by atoms with Crippen LogP contribution in [0, 0.1) is 5.82 Å². The summed E-state index contributed by atoms with van der Waals surface area (Å²) in [6.45, 7) is 5.71. The first-order valence-corrected chi connectivity index (χ1v) is 10.5. The summed E-state index contributed by atoms with van der Waals surface area (Å²) >= 11 is 0. The van der Waals surface area contributed by atoms with Gasteiger partial charge in [-0.1, -0.05) is 0 Å². The quantitative estimate of drug-likeness (QED) is 0.746. The van der Waals surface area contributed by atoms with Crippen LogP contribution in [0.25, 0.3) is 0 Å². The van der Waals surface area contributed by atoms with E-state index in [9.17, 15) is 14.0 Å². The highest BCUT2D eigenvalue weighted by Crippen LogP contribution is 2.26. The zero-order chi connectivity index (χ0) is 22.8. The lowest BCUT2D eigenvalue weighted by molar-refractivity contribution is -0.119. The normalized spacial score (nSPS) is 23.1. The Hall–Kier alpha value is -3.46. The van der Waals surface area contributed by atoms with Crippen LogP contribution < -0.4 is 21.0 Å². The van der Waals surface area contributed by atoms with Crippen molar-refractivity contribution in [2.75, 3.05) is 28.3 Å². The number of morpholine rings is 1. The summed E-state index contributed by atoms with van der Waals surface area (Å²) in [5.41, 5.74) is 7.84. The van der Waals surface area contributed by atoms with Crippen molar-refractivity contribution in [3.05, 3.63) is 54.3 Å². The molecule has 2 amide bonds. The van der Waals surface area contributed by atoms with Gasteiger partial charge < -0.3 is 20.7 Å². The number of benzene rings is 2. The molecule has 3 N–H and O–H groups in total. The summed E-state index contributed by atoms with van der Waals surface area (Å²) in [5, 5.41) is 8.47. The Bertz CT molecular complexity index is 1010. The second-order valence-corrected chi connectivity index (χ2v) is 8.15. The first-order chi connectivity index (χ1) is 15.3. The van der Waals surface area contributed by atoms with Gasteiger partial charge in [0.15, 0.2) is 0 Å². The molecule has 2 aromatic rings. The molecule has 0 saturated carbocycles. The van der Waals surface area contributed by atoms with Gasteiger partial charge >= 0.3 is 0 Å². The van der Waals surface area contributed by atoms with Gasteiger partial charge in [0.25, 0.3) is 5.91 Å². The molecular formula is C23H26FN5O3. The fraction of sp³-hybridized carbons (Fsp3) is 0.348. The molecule has 168 valence electrons. The van der Waals surface area contributed by atoms with Crippen LogP contribution in [-0.2, 0) is 14.3 Å². The molecule has 0 radical (unpaired) electrons. The maximum atomic E-state index is 13.2. The highest BCUT2D eigenvalue weighted by molar-refractivity contribution is 6.44. The Morgan fingerprint density at radius 1 is 1.03 bits per heavy atom. The van der Waals surface area contributed by atoms with E-state index in [2.05, 4.69) is 15.3 Å². The van der Waals surface area contributed by atoms with Crippen molar-refractivity contribution in [2.45, 2.75) is 38.5 Å². The summed E-state index contributed by atoms with van der Waals surface area (Å²) < 4.78 is 19.0. The number of primary amides is 1. The highest BCUT2D eigenvalue weighted by Gasteiger charge is 2.35. The van der Waals surface area contributed by atoms with E-state index in [0.29, 0.717) is 11.4 Å². The summed E-state index contributed by atoms with van der Waals surface area (Å²) in [4.78, 5) is 26.9. The molecule has 0 spiro atoms. The molecule has 3 atom stereocenters. The number of halogens is 1. The van der Waals surface area contributed by atoms with Crippen LogP contribution in [0.5, 0.6) is 0 Å². The standard InChI is InChI=1S/C23H26FN5O3/c1-14-12-28(13-15(2)32-14)18-9-5-17(6-10-18)26-23(31)20-11-21(22(25)30)29(27-20)19-7-3-16(24)4-8-19/h3-10,14-15,21H,11-13H2,1-2H3,(H2,25,30)(H,26,31). The number of nitrogens with zero attached hydrogens (tertiary/aromatic N) is 3. The molecule has 9 heteroatoms. The van der Waals surface area contributed by atoms with E-state index < -0.39 is 23.7 Å². The summed E-state index contributed by atoms with van der Waals surface area (Å²) in [5.74, 6) is -1.43. The Labute approximate surface area is 185 Å². The van der Waals surface area contributed by atoms with Gasteiger partial charge in [0.05, 0.1) is 17.9 Å². The summed E-state index contributed by atoms with van der Waals surface area (Å²) in [7, 11) is 0. The number of ether oxygens (including phenoxy) is 1. The van der Waals surface area contributed by atoms with E-state index in [4.69, 9.17) is 10.5 Å². The molecule has 32 heavy (non-hydrogen) atoms. The number of hydrazone groups is 1. The largest absolute Gasteiger partial charge is 0.372 e. The van der Waals surface area contributed by atoms with Crippen LogP contribution in [-0.4, -0.2) is 48.9 Å². The molecule has 0 aliphatic carbocycles. The Balaban J connectivity index is 1.45. The lowest BCUT2D eigenvalue weighted by Crippen LogP contribution is -2.45. The first kappa shape index (κ1) is 21.8. The predicted octanol–water partition coefficient (Wildman–Crippen LogP) is 2.50. The van der Waals surface area contributed by atoms with E-state index in [1.165, 1.54) is 29.3 Å². The number of amides is 2. The SMILES string of the molecule is CC1CN(c2ccc(NC(=O)C3=NN(c4ccc(F)cc4)C(C(N)=O)C3)cc2)CC(C)O1. The van der Waals surface area contributed by atoms with Gasteiger partial charge in [-0.3, -0.25) is 14.6 Å². The van der Waals surface area contributed by atoms with Crippen molar-refractivity contribution >= 4 is 34.6 Å². The smallest absolute Gasteiger partial charge is 0.271 e. The van der Waals surface area contributed by atoms with Crippen LogP contribution in [0.2, 0.25) is 0 Å². The molecule has 8 nitrogen and oxygen atoms in total. The highest BCUT2D eigenvalue weighted by atomic mass is 19.1. The molecule has 1 saturated heterocycles. The number of carbonyl (C=O) groups excluding carboxylic acids is 2. The van der Waals surface area contributed by atoms with Crippen molar-refractivity contribution in [1.82, 2.24) is 0 Å². The Kier molecular flexibility index (Phi) is 6.09. The third-order valence-electron chi connectivity index (χ3n) is 5.50. The van der Waals surface area contributed by atoms with Crippen LogP contribution in [0.15, 0.2) is 53.6 Å². The van der Waals surface area contributed by atoms with Crippen molar-refractivity contribution in [1.29, 1.82) is 0 Å². The number of nitrogens with one attached hydrogen (secondary N) is 1. The number of nitrogens with two attached hydrogens (primary N) is 1. The molecular weight excluding hydrogens is 413 g/mol. The van der Waals surface area contributed by atoms with Crippen molar-refractivity contribution < 1.29 is 18.7 Å². The Morgan fingerprint density at radius 3 is 2.22 bits per heavy atom.